The largest absolute Gasteiger partial charge is 0.438 e. The number of nitrogens with one attached hydrogen (secondary N) is 3. The molecule has 0 amide bonds. The summed E-state index contributed by atoms with van der Waals surface area (Å²) < 4.78 is 50.1. The molecule has 4 heterocycles. The average molecular weight is 505 g/mol. The van der Waals surface area contributed by atoms with E-state index in [-0.39, 0.29) is 6.01 Å². The summed E-state index contributed by atoms with van der Waals surface area (Å²) in [5.74, 6) is 0.831. The molecule has 0 fully saturated rings. The van der Waals surface area contributed by atoms with Crippen molar-refractivity contribution in [1.29, 1.82) is 0 Å². The van der Waals surface area contributed by atoms with Crippen molar-refractivity contribution in [3.05, 3.63) is 71.8 Å². The van der Waals surface area contributed by atoms with E-state index >= 15 is 0 Å². The van der Waals surface area contributed by atoms with Gasteiger partial charge in [-0.2, -0.15) is 23.3 Å². The summed E-state index contributed by atoms with van der Waals surface area (Å²) in [4.78, 5) is 16.3. The van der Waals surface area contributed by atoms with Gasteiger partial charge in [0.15, 0.2) is 5.58 Å². The third kappa shape index (κ3) is 4.22. The topological polar surface area (TPSA) is 118 Å². The Hall–Kier alpha value is -4.87. The maximum atomic E-state index is 12.8. The van der Waals surface area contributed by atoms with E-state index in [0.717, 1.165) is 34.8 Å². The Morgan fingerprint density at radius 1 is 1.00 bits per heavy atom. The number of aryl methyl sites for hydroxylation is 2. The molecule has 37 heavy (non-hydrogen) atoms. The molecule has 0 aliphatic rings. The minimum atomic E-state index is -4.40. The number of halogens is 3. The van der Waals surface area contributed by atoms with Crippen LogP contribution in [0.5, 0.6) is 11.6 Å². The summed E-state index contributed by atoms with van der Waals surface area (Å²) in [7, 11) is 0. The van der Waals surface area contributed by atoms with Crippen LogP contribution in [0.15, 0.2) is 59.3 Å². The summed E-state index contributed by atoms with van der Waals surface area (Å²) >= 11 is 0. The molecule has 186 valence electrons. The Morgan fingerprint density at radius 2 is 1.81 bits per heavy atom. The molecule has 0 bridgehead atoms. The highest BCUT2D eigenvalue weighted by Gasteiger charge is 2.30. The first-order valence-electron chi connectivity index (χ1n) is 11.1. The van der Waals surface area contributed by atoms with Gasteiger partial charge in [-0.3, -0.25) is 5.10 Å². The van der Waals surface area contributed by atoms with Gasteiger partial charge >= 0.3 is 6.18 Å². The number of anilines is 2. The highest BCUT2D eigenvalue weighted by atomic mass is 19.4. The lowest BCUT2D eigenvalue weighted by Crippen LogP contribution is -2.04. The fraction of sp³-hybridized carbons (Fsp3) is 0.120. The zero-order valence-corrected chi connectivity index (χ0v) is 19.4. The van der Waals surface area contributed by atoms with Gasteiger partial charge in [0, 0.05) is 23.0 Å². The van der Waals surface area contributed by atoms with E-state index < -0.39 is 11.7 Å². The van der Waals surface area contributed by atoms with Crippen molar-refractivity contribution < 1.29 is 22.3 Å². The van der Waals surface area contributed by atoms with Gasteiger partial charge in [-0.05, 0) is 56.3 Å². The van der Waals surface area contributed by atoms with Crippen LogP contribution in [0, 0.1) is 13.8 Å². The lowest BCUT2D eigenvalue weighted by molar-refractivity contribution is -0.137. The Kier molecular flexibility index (Phi) is 5.10. The van der Waals surface area contributed by atoms with Crippen molar-refractivity contribution in [2.24, 2.45) is 0 Å². The molecule has 9 nitrogen and oxygen atoms in total. The van der Waals surface area contributed by atoms with E-state index in [4.69, 9.17) is 9.15 Å². The molecule has 0 atom stereocenters. The Morgan fingerprint density at radius 3 is 2.54 bits per heavy atom. The number of hydrogen-bond acceptors (Lipinski definition) is 7. The monoisotopic (exact) mass is 505 g/mol. The van der Waals surface area contributed by atoms with Gasteiger partial charge in [-0.15, -0.1) is 0 Å². The van der Waals surface area contributed by atoms with Crippen LogP contribution in [0.4, 0.5) is 24.9 Å². The highest BCUT2D eigenvalue weighted by Crippen LogP contribution is 2.34. The number of nitrogens with zero attached hydrogens (tertiary/aromatic N) is 4. The van der Waals surface area contributed by atoms with Gasteiger partial charge in [-0.25, -0.2) is 9.97 Å². The van der Waals surface area contributed by atoms with Gasteiger partial charge in [0.25, 0.3) is 6.01 Å². The van der Waals surface area contributed by atoms with Crippen molar-refractivity contribution >= 4 is 33.8 Å². The zero-order chi connectivity index (χ0) is 25.7. The SMILES string of the molecule is Cc1n[nH]c(C)c1-c1cc2c(Oc3ccc4oc(Nc5ccc(C(F)(F)F)cc5)nc4c3)ncnc2[nH]1. The van der Waals surface area contributed by atoms with E-state index in [1.54, 1.807) is 18.2 Å². The van der Waals surface area contributed by atoms with Crippen LogP contribution in [-0.4, -0.2) is 30.1 Å². The first-order valence-corrected chi connectivity index (χ1v) is 11.1. The van der Waals surface area contributed by atoms with E-state index in [9.17, 15) is 13.2 Å². The van der Waals surface area contributed by atoms with Gasteiger partial charge < -0.3 is 19.5 Å². The van der Waals surface area contributed by atoms with Gasteiger partial charge in [-0.1, -0.05) is 0 Å². The number of fused-ring (bicyclic) bond motifs is 2. The van der Waals surface area contributed by atoms with Crippen molar-refractivity contribution in [2.45, 2.75) is 20.0 Å². The van der Waals surface area contributed by atoms with Gasteiger partial charge in [0.2, 0.25) is 5.88 Å². The molecule has 6 rings (SSSR count). The molecule has 0 aliphatic heterocycles. The van der Waals surface area contributed by atoms with Crippen LogP contribution >= 0.6 is 0 Å². The van der Waals surface area contributed by atoms with Crippen LogP contribution in [0.3, 0.4) is 0 Å². The standard InChI is InChI=1S/C25H18F3N7O2/c1-12-21(13(2)35-34-12)19-10-17-22(32-19)29-11-30-23(17)36-16-7-8-20-18(9-16)33-24(37-20)31-15-5-3-14(4-6-15)25(26,27)28/h3-11H,1-2H3,(H,31,33)(H,34,35)(H,29,30,32). The van der Waals surface area contributed by atoms with Crippen LogP contribution in [0.25, 0.3) is 33.4 Å². The van der Waals surface area contributed by atoms with E-state index in [1.165, 1.54) is 18.5 Å². The second-order valence-electron chi connectivity index (χ2n) is 8.38. The number of benzene rings is 2. The first-order chi connectivity index (χ1) is 17.7. The molecular weight excluding hydrogens is 487 g/mol. The van der Waals surface area contributed by atoms with Crippen LogP contribution < -0.4 is 10.1 Å². The third-order valence-corrected chi connectivity index (χ3v) is 5.82. The number of rotatable bonds is 5. The van der Waals surface area contributed by atoms with E-state index in [2.05, 4.69) is 35.5 Å². The third-order valence-electron chi connectivity index (χ3n) is 5.82. The second-order valence-corrected chi connectivity index (χ2v) is 8.38. The van der Waals surface area contributed by atoms with E-state index in [1.807, 2.05) is 19.9 Å². The predicted octanol–water partition coefficient (Wildman–Crippen LogP) is 6.66. The minimum Gasteiger partial charge on any atom is -0.438 e. The lowest BCUT2D eigenvalue weighted by Gasteiger charge is -2.07. The van der Waals surface area contributed by atoms with Crippen molar-refractivity contribution in [1.82, 2.24) is 30.1 Å². The smallest absolute Gasteiger partial charge is 0.416 e. The summed E-state index contributed by atoms with van der Waals surface area (Å²) in [6.07, 6.45) is -2.99. The molecular formula is C25H18F3N7O2. The fourth-order valence-electron chi connectivity index (χ4n) is 4.08. The van der Waals surface area contributed by atoms with Crippen molar-refractivity contribution in [3.8, 4) is 22.9 Å². The predicted molar refractivity (Wildman–Crippen MR) is 130 cm³/mol. The number of oxazole rings is 1. The number of aromatic nitrogens is 6. The second kappa shape index (κ2) is 8.36. The molecule has 0 unspecified atom stereocenters. The molecule has 3 N–H and O–H groups in total. The number of alkyl halides is 3. The number of hydrogen-bond donors (Lipinski definition) is 3. The van der Waals surface area contributed by atoms with Crippen LogP contribution in [-0.2, 0) is 6.18 Å². The normalized spacial score (nSPS) is 11.9. The number of ether oxygens (including phenoxy) is 1. The quantitative estimate of drug-likeness (QED) is 0.240. The summed E-state index contributed by atoms with van der Waals surface area (Å²) in [5.41, 5.74) is 4.85. The van der Waals surface area contributed by atoms with E-state index in [0.29, 0.717) is 39.5 Å². The molecule has 0 saturated carbocycles. The van der Waals surface area contributed by atoms with Gasteiger partial charge in [0.05, 0.1) is 22.3 Å². The molecule has 12 heteroatoms. The molecule has 2 aromatic carbocycles. The molecule has 0 radical (unpaired) electrons. The minimum absolute atomic E-state index is 0.137. The highest BCUT2D eigenvalue weighted by molar-refractivity contribution is 5.88. The molecule has 0 spiro atoms. The fourth-order valence-corrected chi connectivity index (χ4v) is 4.08. The number of H-pyrrole nitrogens is 2. The Balaban J connectivity index is 1.26. The Labute approximate surface area is 206 Å². The summed E-state index contributed by atoms with van der Waals surface area (Å²) in [5, 5.41) is 10.8. The van der Waals surface area contributed by atoms with Crippen molar-refractivity contribution in [3.63, 3.8) is 0 Å². The number of aromatic amines is 2. The lowest BCUT2D eigenvalue weighted by atomic mass is 10.1. The average Bonchev–Trinajstić information content (AvgIpc) is 3.55. The summed E-state index contributed by atoms with van der Waals surface area (Å²) in [6, 6.07) is 11.7. The summed E-state index contributed by atoms with van der Waals surface area (Å²) in [6.45, 7) is 3.86. The zero-order valence-electron chi connectivity index (χ0n) is 19.4. The Bertz CT molecular complexity index is 1730. The molecule has 6 aromatic rings. The first kappa shape index (κ1) is 22.6. The maximum absolute atomic E-state index is 12.8. The van der Waals surface area contributed by atoms with Crippen LogP contribution in [0.2, 0.25) is 0 Å². The molecule has 0 saturated heterocycles. The maximum Gasteiger partial charge on any atom is 0.416 e. The van der Waals surface area contributed by atoms with Gasteiger partial charge in [0.1, 0.15) is 23.2 Å². The molecule has 0 aliphatic carbocycles. The van der Waals surface area contributed by atoms with Crippen molar-refractivity contribution in [2.75, 3.05) is 5.32 Å². The van der Waals surface area contributed by atoms with Crippen LogP contribution in [0.1, 0.15) is 17.0 Å². The molecule has 4 aromatic heterocycles.